The van der Waals surface area contributed by atoms with Gasteiger partial charge in [-0.15, -0.1) is 0 Å². The van der Waals surface area contributed by atoms with Crippen LogP contribution in [0.1, 0.15) is 12.5 Å². The maximum absolute atomic E-state index is 12.4. The third kappa shape index (κ3) is 3.75. The van der Waals surface area contributed by atoms with Gasteiger partial charge in [-0.3, -0.25) is 0 Å². The summed E-state index contributed by atoms with van der Waals surface area (Å²) in [5, 5.41) is 0. The van der Waals surface area contributed by atoms with E-state index >= 15 is 0 Å². The Morgan fingerprint density at radius 2 is 2.20 bits per heavy atom. The van der Waals surface area contributed by atoms with E-state index in [1.165, 1.54) is 19.1 Å². The summed E-state index contributed by atoms with van der Waals surface area (Å²) in [6.45, 7) is 0.768. The fourth-order valence-corrected chi connectivity index (χ4v) is 1.03. The molecular formula is C10H10ClFO3. The average molecular weight is 233 g/mol. The first-order valence-corrected chi connectivity index (χ1v) is 4.73. The van der Waals surface area contributed by atoms with Gasteiger partial charge < -0.3 is 9.47 Å². The van der Waals surface area contributed by atoms with Crippen molar-refractivity contribution in [2.45, 2.75) is 19.2 Å². The molecule has 1 atom stereocenters. The van der Waals surface area contributed by atoms with Crippen LogP contribution >= 0.6 is 11.6 Å². The standard InChI is InChI=1S/C10H10ClFO3/c1-7(11)14-10(13)15-9-5-3-2-4-8(9)6-12/h2-5,7H,6H2,1H3. The maximum atomic E-state index is 12.4. The average Bonchev–Trinajstić information content (AvgIpc) is 2.17. The van der Waals surface area contributed by atoms with Crippen LogP contribution in [0.25, 0.3) is 0 Å². The summed E-state index contributed by atoms with van der Waals surface area (Å²) in [6, 6.07) is 6.28. The van der Waals surface area contributed by atoms with Crippen LogP contribution in [0, 0.1) is 0 Å². The molecule has 0 heterocycles. The highest BCUT2D eigenvalue weighted by Crippen LogP contribution is 2.19. The van der Waals surface area contributed by atoms with Crippen LogP contribution in [0.15, 0.2) is 24.3 Å². The molecule has 0 bridgehead atoms. The molecule has 0 spiro atoms. The third-order valence-electron chi connectivity index (χ3n) is 1.57. The molecule has 0 saturated carbocycles. The minimum Gasteiger partial charge on any atom is -0.415 e. The van der Waals surface area contributed by atoms with Gasteiger partial charge in [0.1, 0.15) is 12.4 Å². The minimum absolute atomic E-state index is 0.141. The van der Waals surface area contributed by atoms with E-state index in [-0.39, 0.29) is 11.3 Å². The third-order valence-corrected chi connectivity index (χ3v) is 1.66. The van der Waals surface area contributed by atoms with E-state index in [0.29, 0.717) is 0 Å². The van der Waals surface area contributed by atoms with Gasteiger partial charge in [0.05, 0.1) is 0 Å². The zero-order valence-corrected chi connectivity index (χ0v) is 8.83. The van der Waals surface area contributed by atoms with E-state index in [9.17, 15) is 9.18 Å². The topological polar surface area (TPSA) is 35.5 Å². The van der Waals surface area contributed by atoms with Crippen molar-refractivity contribution in [3.63, 3.8) is 0 Å². The summed E-state index contributed by atoms with van der Waals surface area (Å²) in [7, 11) is 0. The molecule has 0 amide bonds. The molecule has 0 fully saturated rings. The molecule has 15 heavy (non-hydrogen) atoms. The second-order valence-electron chi connectivity index (χ2n) is 2.75. The van der Waals surface area contributed by atoms with E-state index in [1.807, 2.05) is 0 Å². The summed E-state index contributed by atoms with van der Waals surface area (Å²) in [5.74, 6) is 0.141. The Morgan fingerprint density at radius 3 is 2.80 bits per heavy atom. The molecular weight excluding hydrogens is 223 g/mol. The number of carbonyl (C=O) groups excluding carboxylic acids is 1. The largest absolute Gasteiger partial charge is 0.515 e. The predicted molar refractivity (Wildman–Crippen MR) is 53.7 cm³/mol. The second kappa shape index (κ2) is 5.56. The fraction of sp³-hybridized carbons (Fsp3) is 0.300. The number of hydrogen-bond acceptors (Lipinski definition) is 3. The SMILES string of the molecule is CC(Cl)OC(=O)Oc1ccccc1CF. The molecule has 0 aliphatic rings. The Labute approximate surface area is 91.7 Å². The molecule has 0 aliphatic heterocycles. The Hall–Kier alpha value is -1.29. The Kier molecular flexibility index (Phi) is 4.37. The molecule has 1 unspecified atom stereocenters. The van der Waals surface area contributed by atoms with Crippen molar-refractivity contribution >= 4 is 17.8 Å². The van der Waals surface area contributed by atoms with Crippen molar-refractivity contribution in [2.24, 2.45) is 0 Å². The van der Waals surface area contributed by atoms with Crippen molar-refractivity contribution in [3.8, 4) is 5.75 Å². The van der Waals surface area contributed by atoms with Crippen LogP contribution in [0.2, 0.25) is 0 Å². The van der Waals surface area contributed by atoms with Gasteiger partial charge in [-0.25, -0.2) is 9.18 Å². The van der Waals surface area contributed by atoms with Crippen molar-refractivity contribution in [1.82, 2.24) is 0 Å². The number of carbonyl (C=O) groups is 1. The van der Waals surface area contributed by atoms with E-state index in [0.717, 1.165) is 0 Å². The highest BCUT2D eigenvalue weighted by molar-refractivity contribution is 6.19. The van der Waals surface area contributed by atoms with Gasteiger partial charge in [0.25, 0.3) is 0 Å². The number of rotatable bonds is 3. The maximum Gasteiger partial charge on any atom is 0.515 e. The molecule has 0 N–H and O–H groups in total. The molecule has 0 aliphatic carbocycles. The number of para-hydroxylation sites is 1. The number of alkyl halides is 2. The summed E-state index contributed by atoms with van der Waals surface area (Å²) in [4.78, 5) is 11.0. The molecule has 0 saturated heterocycles. The van der Waals surface area contributed by atoms with Gasteiger partial charge >= 0.3 is 6.16 Å². The normalized spacial score (nSPS) is 11.9. The van der Waals surface area contributed by atoms with Crippen LogP contribution in [0.3, 0.4) is 0 Å². The first-order chi connectivity index (χ1) is 7.13. The van der Waals surface area contributed by atoms with Gasteiger partial charge in [0.15, 0.2) is 5.56 Å². The van der Waals surface area contributed by atoms with Crippen LogP contribution in [0.4, 0.5) is 9.18 Å². The molecule has 1 aromatic rings. The van der Waals surface area contributed by atoms with Gasteiger partial charge in [-0.05, 0) is 13.0 Å². The van der Waals surface area contributed by atoms with E-state index in [4.69, 9.17) is 16.3 Å². The Bertz CT molecular complexity index is 341. The zero-order chi connectivity index (χ0) is 11.3. The van der Waals surface area contributed by atoms with E-state index < -0.39 is 18.4 Å². The molecule has 82 valence electrons. The highest BCUT2D eigenvalue weighted by Gasteiger charge is 2.11. The number of hydrogen-bond donors (Lipinski definition) is 0. The first kappa shape index (κ1) is 11.8. The molecule has 0 aromatic heterocycles. The lowest BCUT2D eigenvalue weighted by molar-refractivity contribution is 0.0918. The molecule has 5 heteroatoms. The molecule has 3 nitrogen and oxygen atoms in total. The summed E-state index contributed by atoms with van der Waals surface area (Å²) in [6.07, 6.45) is -0.946. The fourth-order valence-electron chi connectivity index (χ4n) is 0.960. The van der Waals surface area contributed by atoms with Crippen molar-refractivity contribution in [2.75, 3.05) is 0 Å². The van der Waals surface area contributed by atoms with Gasteiger partial charge in [0, 0.05) is 5.56 Å². The van der Waals surface area contributed by atoms with Crippen LogP contribution in [-0.4, -0.2) is 11.7 Å². The number of ether oxygens (including phenoxy) is 2. The van der Waals surface area contributed by atoms with E-state index in [1.54, 1.807) is 12.1 Å². The second-order valence-corrected chi connectivity index (χ2v) is 3.37. The van der Waals surface area contributed by atoms with Crippen molar-refractivity contribution in [3.05, 3.63) is 29.8 Å². The van der Waals surface area contributed by atoms with Crippen LogP contribution in [0.5, 0.6) is 5.75 Å². The smallest absolute Gasteiger partial charge is 0.415 e. The predicted octanol–water partition coefficient (Wildman–Crippen LogP) is 3.26. The van der Waals surface area contributed by atoms with Crippen LogP contribution in [-0.2, 0) is 11.4 Å². The van der Waals surface area contributed by atoms with Gasteiger partial charge in [-0.1, -0.05) is 29.8 Å². The van der Waals surface area contributed by atoms with Crippen LogP contribution < -0.4 is 4.74 Å². The zero-order valence-electron chi connectivity index (χ0n) is 8.07. The lowest BCUT2D eigenvalue weighted by atomic mass is 10.2. The highest BCUT2D eigenvalue weighted by atomic mass is 35.5. The van der Waals surface area contributed by atoms with E-state index in [2.05, 4.69) is 4.74 Å². The lowest BCUT2D eigenvalue weighted by Gasteiger charge is -2.08. The summed E-state index contributed by atoms with van der Waals surface area (Å²) < 4.78 is 21.7. The molecule has 0 radical (unpaired) electrons. The monoisotopic (exact) mass is 232 g/mol. The Balaban J connectivity index is 2.67. The quantitative estimate of drug-likeness (QED) is 0.456. The Morgan fingerprint density at radius 1 is 1.53 bits per heavy atom. The number of benzene rings is 1. The minimum atomic E-state index is -0.946. The lowest BCUT2D eigenvalue weighted by Crippen LogP contribution is -2.14. The molecule has 1 rings (SSSR count). The van der Waals surface area contributed by atoms with Gasteiger partial charge in [0.2, 0.25) is 0 Å². The number of halogens is 2. The summed E-state index contributed by atoms with van der Waals surface area (Å²) in [5.41, 5.74) is -0.494. The van der Waals surface area contributed by atoms with Crippen molar-refractivity contribution < 1.29 is 18.7 Å². The summed E-state index contributed by atoms with van der Waals surface area (Å²) >= 11 is 5.42. The first-order valence-electron chi connectivity index (χ1n) is 4.30. The molecule has 1 aromatic carbocycles. The van der Waals surface area contributed by atoms with Gasteiger partial charge in [-0.2, -0.15) is 0 Å². The van der Waals surface area contributed by atoms with Crippen molar-refractivity contribution in [1.29, 1.82) is 0 Å².